The molecule has 1 heterocycles. The average molecular weight is 194 g/mol. The Morgan fingerprint density at radius 1 is 1.43 bits per heavy atom. The van der Waals surface area contributed by atoms with Crippen LogP contribution in [0.2, 0.25) is 0 Å². The molecule has 1 aliphatic carbocycles. The van der Waals surface area contributed by atoms with Crippen molar-refractivity contribution in [1.82, 2.24) is 14.8 Å². The smallest absolute Gasteiger partial charge is 0.146 e. The van der Waals surface area contributed by atoms with Gasteiger partial charge >= 0.3 is 0 Å². The lowest BCUT2D eigenvalue weighted by atomic mass is 9.97. The van der Waals surface area contributed by atoms with Gasteiger partial charge in [0.2, 0.25) is 0 Å². The van der Waals surface area contributed by atoms with Gasteiger partial charge < -0.3 is 10.3 Å². The summed E-state index contributed by atoms with van der Waals surface area (Å²) in [6.45, 7) is 2.78. The van der Waals surface area contributed by atoms with Crippen LogP contribution in [0.15, 0.2) is 0 Å². The minimum absolute atomic E-state index is 0.477. The van der Waals surface area contributed by atoms with Gasteiger partial charge in [-0.25, -0.2) is 0 Å². The summed E-state index contributed by atoms with van der Waals surface area (Å²) in [5, 5.41) is 8.35. The second kappa shape index (κ2) is 3.69. The van der Waals surface area contributed by atoms with E-state index in [2.05, 4.69) is 21.7 Å². The topological polar surface area (TPSA) is 56.7 Å². The first-order chi connectivity index (χ1) is 6.74. The molecule has 78 valence electrons. The van der Waals surface area contributed by atoms with E-state index in [1.54, 1.807) is 0 Å². The molecule has 1 aromatic rings. The van der Waals surface area contributed by atoms with Gasteiger partial charge in [-0.3, -0.25) is 0 Å². The molecule has 14 heavy (non-hydrogen) atoms. The fourth-order valence-corrected chi connectivity index (χ4v) is 2.41. The predicted octanol–water partition coefficient (Wildman–Crippen LogP) is 1.18. The molecule has 4 heteroatoms. The van der Waals surface area contributed by atoms with Crippen LogP contribution in [0.3, 0.4) is 0 Å². The summed E-state index contributed by atoms with van der Waals surface area (Å²) in [5.41, 5.74) is 5.57. The van der Waals surface area contributed by atoms with Crippen LogP contribution in [0, 0.1) is 5.92 Å². The molecule has 2 unspecified atom stereocenters. The SMILES string of the molecule is CC1CCCC1c1nnc(CN)n1C. The first kappa shape index (κ1) is 9.65. The molecule has 0 radical (unpaired) electrons. The zero-order valence-corrected chi connectivity index (χ0v) is 8.90. The van der Waals surface area contributed by atoms with Crippen LogP contribution >= 0.6 is 0 Å². The molecule has 1 aromatic heterocycles. The Labute approximate surface area is 84.5 Å². The highest BCUT2D eigenvalue weighted by molar-refractivity contribution is 5.04. The van der Waals surface area contributed by atoms with Crippen molar-refractivity contribution in [2.24, 2.45) is 18.7 Å². The largest absolute Gasteiger partial charge is 0.324 e. The minimum atomic E-state index is 0.477. The van der Waals surface area contributed by atoms with Crippen molar-refractivity contribution in [2.75, 3.05) is 0 Å². The van der Waals surface area contributed by atoms with E-state index >= 15 is 0 Å². The Morgan fingerprint density at radius 3 is 2.71 bits per heavy atom. The third-order valence-electron chi connectivity index (χ3n) is 3.37. The molecule has 0 saturated heterocycles. The molecule has 0 bridgehead atoms. The van der Waals surface area contributed by atoms with Crippen molar-refractivity contribution in [3.63, 3.8) is 0 Å². The molecule has 0 spiro atoms. The number of rotatable bonds is 2. The zero-order chi connectivity index (χ0) is 10.1. The lowest BCUT2D eigenvalue weighted by Gasteiger charge is -2.14. The predicted molar refractivity (Wildman–Crippen MR) is 54.7 cm³/mol. The molecule has 1 aliphatic rings. The van der Waals surface area contributed by atoms with Crippen molar-refractivity contribution >= 4 is 0 Å². The summed E-state index contributed by atoms with van der Waals surface area (Å²) in [4.78, 5) is 0. The monoisotopic (exact) mass is 194 g/mol. The number of nitrogens with zero attached hydrogens (tertiary/aromatic N) is 3. The van der Waals surface area contributed by atoms with Gasteiger partial charge in [-0.05, 0) is 18.8 Å². The number of aromatic nitrogens is 3. The maximum absolute atomic E-state index is 5.57. The average Bonchev–Trinajstić information content (AvgIpc) is 2.72. The van der Waals surface area contributed by atoms with Gasteiger partial charge in [0.05, 0.1) is 6.54 Å². The lowest BCUT2D eigenvalue weighted by Crippen LogP contribution is -2.11. The van der Waals surface area contributed by atoms with Crippen LogP contribution in [0.25, 0.3) is 0 Å². The molecule has 0 aromatic carbocycles. The Bertz CT molecular complexity index is 318. The van der Waals surface area contributed by atoms with Crippen LogP contribution in [-0.2, 0) is 13.6 Å². The summed E-state index contributed by atoms with van der Waals surface area (Å²) in [6, 6.07) is 0. The standard InChI is InChI=1S/C10H18N4/c1-7-4-3-5-8(7)10-13-12-9(6-11)14(10)2/h7-8H,3-6,11H2,1-2H3. The fraction of sp³-hybridized carbons (Fsp3) is 0.800. The van der Waals surface area contributed by atoms with Crippen molar-refractivity contribution in [1.29, 1.82) is 0 Å². The molecule has 2 rings (SSSR count). The van der Waals surface area contributed by atoms with E-state index in [1.165, 1.54) is 19.3 Å². The maximum atomic E-state index is 5.57. The zero-order valence-electron chi connectivity index (χ0n) is 8.90. The molecular weight excluding hydrogens is 176 g/mol. The maximum Gasteiger partial charge on any atom is 0.146 e. The summed E-state index contributed by atoms with van der Waals surface area (Å²) >= 11 is 0. The van der Waals surface area contributed by atoms with E-state index in [0.717, 1.165) is 17.6 Å². The van der Waals surface area contributed by atoms with E-state index in [0.29, 0.717) is 12.5 Å². The number of hydrogen-bond donors (Lipinski definition) is 1. The summed E-state index contributed by atoms with van der Waals surface area (Å²) in [6.07, 6.45) is 3.88. The van der Waals surface area contributed by atoms with Gasteiger partial charge in [-0.2, -0.15) is 0 Å². The van der Waals surface area contributed by atoms with Crippen molar-refractivity contribution < 1.29 is 0 Å². The Balaban J connectivity index is 2.27. The Kier molecular flexibility index (Phi) is 2.54. The van der Waals surface area contributed by atoms with E-state index in [1.807, 2.05) is 7.05 Å². The summed E-state index contributed by atoms with van der Waals surface area (Å²) < 4.78 is 2.06. The van der Waals surface area contributed by atoms with Gasteiger partial charge in [0.15, 0.2) is 0 Å². The fourth-order valence-electron chi connectivity index (χ4n) is 2.41. The van der Waals surface area contributed by atoms with Crippen LogP contribution in [0.4, 0.5) is 0 Å². The third-order valence-corrected chi connectivity index (χ3v) is 3.37. The van der Waals surface area contributed by atoms with Crippen molar-refractivity contribution in [3.05, 3.63) is 11.6 Å². The molecule has 0 amide bonds. The molecule has 0 aliphatic heterocycles. The quantitative estimate of drug-likeness (QED) is 0.769. The molecule has 2 N–H and O–H groups in total. The number of hydrogen-bond acceptors (Lipinski definition) is 3. The van der Waals surface area contributed by atoms with Crippen LogP contribution < -0.4 is 5.73 Å². The first-order valence-corrected chi connectivity index (χ1v) is 5.32. The Hall–Kier alpha value is -0.900. The lowest BCUT2D eigenvalue weighted by molar-refractivity contribution is 0.493. The second-order valence-corrected chi connectivity index (χ2v) is 4.25. The molecule has 2 atom stereocenters. The highest BCUT2D eigenvalue weighted by Gasteiger charge is 2.28. The van der Waals surface area contributed by atoms with Crippen LogP contribution in [0.1, 0.15) is 43.8 Å². The van der Waals surface area contributed by atoms with Crippen LogP contribution in [0.5, 0.6) is 0 Å². The van der Waals surface area contributed by atoms with Crippen molar-refractivity contribution in [3.8, 4) is 0 Å². The van der Waals surface area contributed by atoms with Gasteiger partial charge in [-0.15, -0.1) is 10.2 Å². The molecular formula is C10H18N4. The highest BCUT2D eigenvalue weighted by Crippen LogP contribution is 2.38. The van der Waals surface area contributed by atoms with Crippen molar-refractivity contribution in [2.45, 2.75) is 38.6 Å². The minimum Gasteiger partial charge on any atom is -0.324 e. The second-order valence-electron chi connectivity index (χ2n) is 4.25. The molecule has 4 nitrogen and oxygen atoms in total. The van der Waals surface area contributed by atoms with E-state index < -0.39 is 0 Å². The van der Waals surface area contributed by atoms with Gasteiger partial charge in [-0.1, -0.05) is 13.3 Å². The molecule has 1 saturated carbocycles. The van der Waals surface area contributed by atoms with Gasteiger partial charge in [0.1, 0.15) is 11.6 Å². The first-order valence-electron chi connectivity index (χ1n) is 5.32. The number of nitrogens with two attached hydrogens (primary N) is 1. The summed E-state index contributed by atoms with van der Waals surface area (Å²) in [7, 11) is 2.02. The van der Waals surface area contributed by atoms with E-state index in [-0.39, 0.29) is 0 Å². The van der Waals surface area contributed by atoms with E-state index in [9.17, 15) is 0 Å². The van der Waals surface area contributed by atoms with Gasteiger partial charge in [0, 0.05) is 13.0 Å². The molecule has 1 fully saturated rings. The summed E-state index contributed by atoms with van der Waals surface area (Å²) in [5.74, 6) is 3.34. The van der Waals surface area contributed by atoms with Gasteiger partial charge in [0.25, 0.3) is 0 Å². The highest BCUT2D eigenvalue weighted by atomic mass is 15.3. The third kappa shape index (κ3) is 1.43. The normalized spacial score (nSPS) is 27.1. The van der Waals surface area contributed by atoms with E-state index in [4.69, 9.17) is 5.73 Å². The van der Waals surface area contributed by atoms with Crippen LogP contribution in [-0.4, -0.2) is 14.8 Å². The Morgan fingerprint density at radius 2 is 2.21 bits per heavy atom.